The second-order valence-corrected chi connectivity index (χ2v) is 5.38. The Kier molecular flexibility index (Phi) is 3.00. The van der Waals surface area contributed by atoms with Crippen molar-refractivity contribution in [3.8, 4) is 0 Å². The van der Waals surface area contributed by atoms with Crippen LogP contribution in [0.4, 0.5) is 0 Å². The second kappa shape index (κ2) is 4.63. The molecule has 1 saturated carbocycles. The SMILES string of the molecule is O=C1CCCC1CCn1cnc2c1CCCC2. The van der Waals surface area contributed by atoms with Gasteiger partial charge in [0.05, 0.1) is 12.0 Å². The zero-order valence-electron chi connectivity index (χ0n) is 10.3. The first-order valence-electron chi connectivity index (χ1n) is 6.90. The lowest BCUT2D eigenvalue weighted by atomic mass is 10.00. The summed E-state index contributed by atoms with van der Waals surface area (Å²) < 4.78 is 2.29. The van der Waals surface area contributed by atoms with E-state index < -0.39 is 0 Å². The van der Waals surface area contributed by atoms with Crippen molar-refractivity contribution in [2.45, 2.75) is 57.9 Å². The Morgan fingerprint density at radius 2 is 2.12 bits per heavy atom. The van der Waals surface area contributed by atoms with E-state index in [-0.39, 0.29) is 0 Å². The highest BCUT2D eigenvalue weighted by Crippen LogP contribution is 2.26. The molecule has 0 aliphatic heterocycles. The molecular formula is C14H20N2O. The molecule has 0 saturated heterocycles. The summed E-state index contributed by atoms with van der Waals surface area (Å²) in [4.78, 5) is 16.1. The summed E-state index contributed by atoms with van der Waals surface area (Å²) >= 11 is 0. The predicted molar refractivity (Wildman–Crippen MR) is 65.8 cm³/mol. The van der Waals surface area contributed by atoms with Crippen molar-refractivity contribution in [3.63, 3.8) is 0 Å². The molecule has 0 spiro atoms. The van der Waals surface area contributed by atoms with Gasteiger partial charge in [0.2, 0.25) is 0 Å². The maximum absolute atomic E-state index is 11.6. The van der Waals surface area contributed by atoms with E-state index in [2.05, 4.69) is 9.55 Å². The van der Waals surface area contributed by atoms with Crippen molar-refractivity contribution >= 4 is 5.78 Å². The average molecular weight is 232 g/mol. The van der Waals surface area contributed by atoms with Crippen LogP contribution in [-0.4, -0.2) is 15.3 Å². The molecule has 1 aromatic rings. The summed E-state index contributed by atoms with van der Waals surface area (Å²) in [7, 11) is 0. The molecule has 3 heteroatoms. The topological polar surface area (TPSA) is 34.9 Å². The smallest absolute Gasteiger partial charge is 0.136 e. The molecule has 0 aromatic carbocycles. The molecule has 0 N–H and O–H groups in total. The Morgan fingerprint density at radius 1 is 1.24 bits per heavy atom. The highest BCUT2D eigenvalue weighted by atomic mass is 16.1. The summed E-state index contributed by atoms with van der Waals surface area (Å²) in [6, 6.07) is 0. The molecule has 1 heterocycles. The number of Topliss-reactive ketones (excluding diaryl/α,β-unsaturated/α-hetero) is 1. The molecule has 1 unspecified atom stereocenters. The van der Waals surface area contributed by atoms with Gasteiger partial charge >= 0.3 is 0 Å². The molecule has 1 atom stereocenters. The highest BCUT2D eigenvalue weighted by molar-refractivity contribution is 5.82. The minimum Gasteiger partial charge on any atom is -0.334 e. The molecule has 17 heavy (non-hydrogen) atoms. The Balaban J connectivity index is 1.65. The molecule has 3 rings (SSSR count). The molecule has 2 aliphatic carbocycles. The normalized spacial score (nSPS) is 24.0. The summed E-state index contributed by atoms with van der Waals surface area (Å²) in [6.07, 6.45) is 10.9. The number of rotatable bonds is 3. The van der Waals surface area contributed by atoms with E-state index in [1.807, 2.05) is 6.33 Å². The van der Waals surface area contributed by atoms with Crippen molar-refractivity contribution in [1.82, 2.24) is 9.55 Å². The predicted octanol–water partition coefficient (Wildman–Crippen LogP) is 2.52. The van der Waals surface area contributed by atoms with E-state index in [0.717, 1.165) is 38.6 Å². The molecule has 1 aromatic heterocycles. The number of aromatic nitrogens is 2. The van der Waals surface area contributed by atoms with Crippen LogP contribution in [0.15, 0.2) is 6.33 Å². The maximum atomic E-state index is 11.6. The van der Waals surface area contributed by atoms with Gasteiger partial charge in [0, 0.05) is 24.6 Å². The third-order valence-electron chi connectivity index (χ3n) is 4.26. The number of hydrogen-bond acceptors (Lipinski definition) is 2. The quantitative estimate of drug-likeness (QED) is 0.802. The number of ketones is 1. The number of nitrogens with zero attached hydrogens (tertiary/aromatic N) is 2. The van der Waals surface area contributed by atoms with Gasteiger partial charge in [0.1, 0.15) is 5.78 Å². The van der Waals surface area contributed by atoms with Crippen molar-refractivity contribution in [1.29, 1.82) is 0 Å². The van der Waals surface area contributed by atoms with Crippen molar-refractivity contribution in [3.05, 3.63) is 17.7 Å². The molecule has 0 bridgehead atoms. The van der Waals surface area contributed by atoms with E-state index in [9.17, 15) is 4.79 Å². The number of aryl methyl sites for hydroxylation is 2. The van der Waals surface area contributed by atoms with Gasteiger partial charge in [-0.15, -0.1) is 0 Å². The Labute approximate surface area is 102 Å². The van der Waals surface area contributed by atoms with Crippen molar-refractivity contribution < 1.29 is 4.79 Å². The lowest BCUT2D eigenvalue weighted by Gasteiger charge is -2.15. The van der Waals surface area contributed by atoms with E-state index >= 15 is 0 Å². The van der Waals surface area contributed by atoms with Gasteiger partial charge in [-0.25, -0.2) is 4.98 Å². The first-order chi connectivity index (χ1) is 8.34. The maximum Gasteiger partial charge on any atom is 0.136 e. The van der Waals surface area contributed by atoms with Crippen LogP contribution < -0.4 is 0 Å². The van der Waals surface area contributed by atoms with Crippen LogP contribution >= 0.6 is 0 Å². The van der Waals surface area contributed by atoms with Gasteiger partial charge in [-0.1, -0.05) is 0 Å². The molecule has 0 amide bonds. The molecule has 0 radical (unpaired) electrons. The monoisotopic (exact) mass is 232 g/mol. The summed E-state index contributed by atoms with van der Waals surface area (Å²) in [6.45, 7) is 0.985. The van der Waals surface area contributed by atoms with Gasteiger partial charge in [0.15, 0.2) is 0 Å². The average Bonchev–Trinajstić information content (AvgIpc) is 2.93. The fourth-order valence-electron chi connectivity index (χ4n) is 3.21. The number of hydrogen-bond donors (Lipinski definition) is 0. The van der Waals surface area contributed by atoms with Crippen LogP contribution in [-0.2, 0) is 24.2 Å². The second-order valence-electron chi connectivity index (χ2n) is 5.38. The summed E-state index contributed by atoms with van der Waals surface area (Å²) in [5.74, 6) is 0.815. The molecule has 1 fully saturated rings. The van der Waals surface area contributed by atoms with Gasteiger partial charge in [-0.05, 0) is 44.9 Å². The van der Waals surface area contributed by atoms with E-state index in [0.29, 0.717) is 11.7 Å². The minimum absolute atomic E-state index is 0.330. The number of imidazole rings is 1. The fourth-order valence-corrected chi connectivity index (χ4v) is 3.21. The van der Waals surface area contributed by atoms with Gasteiger partial charge in [-0.2, -0.15) is 0 Å². The third-order valence-corrected chi connectivity index (χ3v) is 4.26. The van der Waals surface area contributed by atoms with Gasteiger partial charge < -0.3 is 4.57 Å². The molecular weight excluding hydrogens is 212 g/mol. The summed E-state index contributed by atoms with van der Waals surface area (Å²) in [5.41, 5.74) is 2.73. The lowest BCUT2D eigenvalue weighted by Crippen LogP contribution is -2.13. The fraction of sp³-hybridized carbons (Fsp3) is 0.714. The van der Waals surface area contributed by atoms with Crippen LogP contribution in [0.5, 0.6) is 0 Å². The number of fused-ring (bicyclic) bond motifs is 1. The van der Waals surface area contributed by atoms with Gasteiger partial charge in [0.25, 0.3) is 0 Å². The van der Waals surface area contributed by atoms with E-state index in [1.165, 1.54) is 30.7 Å². The lowest BCUT2D eigenvalue weighted by molar-refractivity contribution is -0.120. The van der Waals surface area contributed by atoms with Crippen LogP contribution in [0.1, 0.15) is 49.9 Å². The summed E-state index contributed by atoms with van der Waals surface area (Å²) in [5, 5.41) is 0. The molecule has 2 aliphatic rings. The first-order valence-corrected chi connectivity index (χ1v) is 6.90. The van der Waals surface area contributed by atoms with Crippen LogP contribution in [0.3, 0.4) is 0 Å². The van der Waals surface area contributed by atoms with Crippen molar-refractivity contribution in [2.24, 2.45) is 5.92 Å². The van der Waals surface area contributed by atoms with Crippen LogP contribution in [0.2, 0.25) is 0 Å². The minimum atomic E-state index is 0.330. The third kappa shape index (κ3) is 2.15. The van der Waals surface area contributed by atoms with E-state index in [4.69, 9.17) is 0 Å². The van der Waals surface area contributed by atoms with E-state index in [1.54, 1.807) is 0 Å². The Bertz CT molecular complexity index is 422. The van der Waals surface area contributed by atoms with Crippen molar-refractivity contribution in [2.75, 3.05) is 0 Å². The Hall–Kier alpha value is -1.12. The number of carbonyl (C=O) groups excluding carboxylic acids is 1. The zero-order valence-corrected chi connectivity index (χ0v) is 10.3. The highest BCUT2D eigenvalue weighted by Gasteiger charge is 2.24. The largest absolute Gasteiger partial charge is 0.334 e. The van der Waals surface area contributed by atoms with Gasteiger partial charge in [-0.3, -0.25) is 4.79 Å². The standard InChI is InChI=1S/C14H20N2O/c17-14-7-3-4-11(14)8-9-16-10-15-12-5-1-2-6-13(12)16/h10-11H,1-9H2. The molecule has 92 valence electrons. The van der Waals surface area contributed by atoms with Crippen LogP contribution in [0.25, 0.3) is 0 Å². The zero-order chi connectivity index (χ0) is 11.7. The first kappa shape index (κ1) is 11.0. The van der Waals surface area contributed by atoms with Crippen LogP contribution in [0, 0.1) is 5.92 Å². The number of carbonyl (C=O) groups is 1. The Morgan fingerprint density at radius 3 is 2.94 bits per heavy atom. The molecule has 3 nitrogen and oxygen atoms in total.